The molecule has 0 spiro atoms. The standard InChI is InChI=1S/C24H41NO7/c1-14-8-7-9-24(6)18(25(24)10-11-26)12-17(16(3)27)32-20(29)13-19(28)23(4,5)22(31)15(2)21(14)30/h14-15,17-19,21,26,28,30H,7-13H2,1-6H3/t14-,15+,17-,18-,19-,21-,24+,25?/m0/s1. The van der Waals surface area contributed by atoms with E-state index >= 15 is 0 Å². The number of fused-ring (bicyclic) bond motifs is 1. The fraction of sp³-hybridized carbons (Fsp3) is 0.875. The molecule has 2 fully saturated rings. The fourth-order valence-electron chi connectivity index (χ4n) is 5.26. The summed E-state index contributed by atoms with van der Waals surface area (Å²) in [6.45, 7) is 10.6. The topological polar surface area (TPSA) is 124 Å². The van der Waals surface area contributed by atoms with Crippen molar-refractivity contribution in [1.29, 1.82) is 0 Å². The number of ketones is 2. The van der Waals surface area contributed by atoms with Gasteiger partial charge in [-0.1, -0.05) is 34.1 Å². The molecular formula is C24H41NO7. The lowest BCUT2D eigenvalue weighted by Crippen LogP contribution is -2.46. The molecule has 8 atom stereocenters. The van der Waals surface area contributed by atoms with Crippen molar-refractivity contribution in [1.82, 2.24) is 4.90 Å². The van der Waals surface area contributed by atoms with Crippen molar-refractivity contribution in [3.05, 3.63) is 0 Å². The van der Waals surface area contributed by atoms with Gasteiger partial charge in [-0.3, -0.25) is 19.3 Å². The maximum absolute atomic E-state index is 13.1. The first-order valence-electron chi connectivity index (χ1n) is 11.7. The van der Waals surface area contributed by atoms with E-state index in [-0.39, 0.29) is 35.7 Å². The number of β-amino-alcohol motifs (C(OH)–C–C–N with tert-alkyl or cyclic N) is 1. The molecule has 3 N–H and O–H groups in total. The lowest BCUT2D eigenvalue weighted by molar-refractivity contribution is -0.160. The van der Waals surface area contributed by atoms with Crippen LogP contribution >= 0.6 is 0 Å². The van der Waals surface area contributed by atoms with Gasteiger partial charge in [0.05, 0.1) is 30.7 Å². The lowest BCUT2D eigenvalue weighted by atomic mass is 9.73. The number of hydrogen-bond donors (Lipinski definition) is 3. The molecular weight excluding hydrogens is 414 g/mol. The Morgan fingerprint density at radius 2 is 1.81 bits per heavy atom. The third-order valence-corrected chi connectivity index (χ3v) is 7.87. The van der Waals surface area contributed by atoms with Crippen LogP contribution in [-0.4, -0.2) is 80.8 Å². The van der Waals surface area contributed by atoms with E-state index < -0.39 is 42.0 Å². The van der Waals surface area contributed by atoms with Crippen LogP contribution in [0.3, 0.4) is 0 Å². The van der Waals surface area contributed by atoms with Crippen molar-refractivity contribution in [3.63, 3.8) is 0 Å². The van der Waals surface area contributed by atoms with E-state index in [1.807, 2.05) is 6.92 Å². The molecule has 2 saturated heterocycles. The van der Waals surface area contributed by atoms with E-state index in [2.05, 4.69) is 11.8 Å². The molecule has 0 aromatic rings. The zero-order valence-electron chi connectivity index (χ0n) is 20.3. The van der Waals surface area contributed by atoms with Crippen LogP contribution in [0, 0.1) is 17.3 Å². The van der Waals surface area contributed by atoms with Gasteiger partial charge in [0.1, 0.15) is 5.78 Å². The SMILES string of the molecule is CC(=O)[C@@H]1C[C@@H]2N(CCO)[C@]2(C)CCC[C@H](C)[C@H](O)[C@@H](C)C(=O)C(C)(C)[C@@H](O)CC(=O)O1. The van der Waals surface area contributed by atoms with Gasteiger partial charge < -0.3 is 20.1 Å². The molecule has 2 aliphatic rings. The van der Waals surface area contributed by atoms with Gasteiger partial charge in [-0.15, -0.1) is 0 Å². The number of esters is 1. The number of carbonyl (C=O) groups excluding carboxylic acids is 3. The van der Waals surface area contributed by atoms with E-state index in [1.54, 1.807) is 20.8 Å². The molecule has 0 aromatic carbocycles. The Labute approximate surface area is 191 Å². The highest BCUT2D eigenvalue weighted by Crippen LogP contribution is 2.47. The predicted octanol–water partition coefficient (Wildman–Crippen LogP) is 1.48. The van der Waals surface area contributed by atoms with Crippen LogP contribution in [0.4, 0.5) is 0 Å². The number of ether oxygens (including phenoxy) is 1. The summed E-state index contributed by atoms with van der Waals surface area (Å²) < 4.78 is 5.45. The molecule has 0 aromatic heterocycles. The number of carbonyl (C=O) groups is 3. The number of aliphatic hydroxyl groups is 3. The summed E-state index contributed by atoms with van der Waals surface area (Å²) in [6.07, 6.45) is -0.840. The average molecular weight is 456 g/mol. The Kier molecular flexibility index (Phi) is 8.64. The zero-order chi connectivity index (χ0) is 24.4. The maximum atomic E-state index is 13.1. The second-order valence-corrected chi connectivity index (χ2v) is 10.6. The summed E-state index contributed by atoms with van der Waals surface area (Å²) >= 11 is 0. The van der Waals surface area contributed by atoms with Gasteiger partial charge in [0.15, 0.2) is 11.9 Å². The summed E-state index contributed by atoms with van der Waals surface area (Å²) in [5.74, 6) is -2.12. The lowest BCUT2D eigenvalue weighted by Gasteiger charge is -2.34. The molecule has 32 heavy (non-hydrogen) atoms. The molecule has 8 nitrogen and oxygen atoms in total. The highest BCUT2D eigenvalue weighted by atomic mass is 16.5. The van der Waals surface area contributed by atoms with E-state index in [0.717, 1.165) is 19.3 Å². The minimum absolute atomic E-state index is 0.00731. The maximum Gasteiger partial charge on any atom is 0.309 e. The minimum atomic E-state index is -1.30. The number of hydrogen-bond acceptors (Lipinski definition) is 8. The largest absolute Gasteiger partial charge is 0.454 e. The molecule has 0 radical (unpaired) electrons. The Hall–Kier alpha value is -1.35. The number of nitrogens with zero attached hydrogens (tertiary/aromatic N) is 1. The number of Topliss-reactive ketones (excluding diaryl/α,β-unsaturated/α-hetero) is 2. The Morgan fingerprint density at radius 1 is 1.19 bits per heavy atom. The highest BCUT2D eigenvalue weighted by Gasteiger charge is 2.58. The molecule has 2 aliphatic heterocycles. The Morgan fingerprint density at radius 3 is 2.38 bits per heavy atom. The quantitative estimate of drug-likeness (QED) is 0.432. The molecule has 0 bridgehead atoms. The number of rotatable bonds is 3. The van der Waals surface area contributed by atoms with Crippen molar-refractivity contribution in [2.45, 2.75) is 104 Å². The molecule has 0 aliphatic carbocycles. The summed E-state index contributed by atoms with van der Waals surface area (Å²) in [7, 11) is 0. The van der Waals surface area contributed by atoms with Crippen LogP contribution in [-0.2, 0) is 19.1 Å². The van der Waals surface area contributed by atoms with Crippen molar-refractivity contribution in [2.24, 2.45) is 17.3 Å². The van der Waals surface area contributed by atoms with Crippen LogP contribution in [0.2, 0.25) is 0 Å². The first kappa shape index (κ1) is 26.9. The van der Waals surface area contributed by atoms with E-state index in [0.29, 0.717) is 13.0 Å². The predicted molar refractivity (Wildman–Crippen MR) is 119 cm³/mol. The monoisotopic (exact) mass is 455 g/mol. The highest BCUT2D eigenvalue weighted by molar-refractivity contribution is 5.88. The van der Waals surface area contributed by atoms with Crippen LogP contribution in [0.15, 0.2) is 0 Å². The molecule has 184 valence electrons. The third-order valence-electron chi connectivity index (χ3n) is 7.87. The van der Waals surface area contributed by atoms with Gasteiger partial charge in [-0.2, -0.15) is 0 Å². The summed E-state index contributed by atoms with van der Waals surface area (Å²) in [5.41, 5.74) is -1.48. The van der Waals surface area contributed by atoms with Gasteiger partial charge in [-0.05, 0) is 32.6 Å². The van der Waals surface area contributed by atoms with Crippen molar-refractivity contribution < 1.29 is 34.4 Å². The van der Waals surface area contributed by atoms with Crippen molar-refractivity contribution in [2.75, 3.05) is 13.2 Å². The molecule has 2 rings (SSSR count). The smallest absolute Gasteiger partial charge is 0.309 e. The first-order chi connectivity index (χ1) is 14.8. The molecule has 0 amide bonds. The average Bonchev–Trinajstić information content (AvgIpc) is 3.26. The Balaban J connectivity index is 2.31. The van der Waals surface area contributed by atoms with Crippen molar-refractivity contribution in [3.8, 4) is 0 Å². The Bertz CT molecular complexity index is 708. The van der Waals surface area contributed by atoms with Gasteiger partial charge in [0.2, 0.25) is 0 Å². The van der Waals surface area contributed by atoms with Crippen LogP contribution < -0.4 is 0 Å². The summed E-state index contributed by atoms with van der Waals surface area (Å²) in [6, 6.07) is -0.00801. The van der Waals surface area contributed by atoms with Crippen LogP contribution in [0.25, 0.3) is 0 Å². The van der Waals surface area contributed by atoms with E-state index in [4.69, 9.17) is 4.74 Å². The van der Waals surface area contributed by atoms with Crippen molar-refractivity contribution >= 4 is 17.5 Å². The number of cyclic esters (lactones) is 1. The van der Waals surface area contributed by atoms with Gasteiger partial charge in [-0.25, -0.2) is 0 Å². The summed E-state index contributed by atoms with van der Waals surface area (Å²) in [5, 5.41) is 30.9. The van der Waals surface area contributed by atoms with Gasteiger partial charge in [0, 0.05) is 30.5 Å². The second kappa shape index (κ2) is 10.3. The molecule has 1 unspecified atom stereocenters. The molecule has 8 heteroatoms. The fourth-order valence-corrected chi connectivity index (χ4v) is 5.26. The van der Waals surface area contributed by atoms with Crippen LogP contribution in [0.1, 0.15) is 73.6 Å². The van der Waals surface area contributed by atoms with Crippen LogP contribution in [0.5, 0.6) is 0 Å². The molecule has 2 heterocycles. The minimum Gasteiger partial charge on any atom is -0.454 e. The first-order valence-corrected chi connectivity index (χ1v) is 11.7. The summed E-state index contributed by atoms with van der Waals surface area (Å²) in [4.78, 5) is 40.0. The van der Waals surface area contributed by atoms with Gasteiger partial charge >= 0.3 is 5.97 Å². The van der Waals surface area contributed by atoms with E-state index in [1.165, 1.54) is 6.92 Å². The number of aliphatic hydroxyl groups excluding tert-OH is 3. The van der Waals surface area contributed by atoms with Gasteiger partial charge in [0.25, 0.3) is 0 Å². The zero-order valence-corrected chi connectivity index (χ0v) is 20.3. The van der Waals surface area contributed by atoms with E-state index in [9.17, 15) is 29.7 Å². The normalized spacial score (nSPS) is 41.5. The second-order valence-electron chi connectivity index (χ2n) is 10.6. The third kappa shape index (κ3) is 5.58. The molecule has 0 saturated carbocycles.